The zero-order chi connectivity index (χ0) is 24.2. The second-order valence-electron chi connectivity index (χ2n) is 8.28. The summed E-state index contributed by atoms with van der Waals surface area (Å²) in [5.41, 5.74) is 0. The lowest BCUT2D eigenvalue weighted by molar-refractivity contribution is -0.0264. The lowest BCUT2D eigenvalue weighted by atomic mass is 9.96. The van der Waals surface area contributed by atoms with Crippen LogP contribution in [0.25, 0.3) is 0 Å². The van der Waals surface area contributed by atoms with Crippen LogP contribution in [-0.4, -0.2) is 115 Å². The van der Waals surface area contributed by atoms with Gasteiger partial charge in [0, 0.05) is 25.1 Å². The predicted molar refractivity (Wildman–Crippen MR) is 125 cm³/mol. The fourth-order valence-electron chi connectivity index (χ4n) is 4.08. The van der Waals surface area contributed by atoms with Gasteiger partial charge in [0.05, 0.1) is 37.6 Å². The van der Waals surface area contributed by atoms with Crippen LogP contribution in [0.3, 0.4) is 0 Å². The van der Waals surface area contributed by atoms with Crippen molar-refractivity contribution in [2.24, 2.45) is 0 Å². The Morgan fingerprint density at radius 3 is 2.09 bits per heavy atom. The molecule has 0 spiro atoms. The van der Waals surface area contributed by atoms with Crippen LogP contribution in [0.4, 0.5) is 0 Å². The first-order chi connectivity index (χ1) is 15.6. The van der Waals surface area contributed by atoms with Crippen molar-refractivity contribution in [1.29, 1.82) is 0 Å². The molecule has 0 aromatic heterocycles. The van der Waals surface area contributed by atoms with Gasteiger partial charge in [-0.3, -0.25) is 0 Å². The summed E-state index contributed by atoms with van der Waals surface area (Å²) in [6, 6.07) is -1.52. The third-order valence-electron chi connectivity index (χ3n) is 5.71. The van der Waals surface area contributed by atoms with Gasteiger partial charge in [0.15, 0.2) is 0 Å². The van der Waals surface area contributed by atoms with Crippen molar-refractivity contribution in [1.82, 2.24) is 0 Å². The van der Waals surface area contributed by atoms with Gasteiger partial charge in [-0.05, 0) is 32.0 Å². The lowest BCUT2D eigenvalue weighted by Crippen LogP contribution is -2.30. The van der Waals surface area contributed by atoms with E-state index in [1.807, 2.05) is 6.92 Å². The highest BCUT2D eigenvalue weighted by molar-refractivity contribution is 7.58. The van der Waals surface area contributed by atoms with E-state index in [2.05, 4.69) is 6.30 Å². The molecule has 0 amide bonds. The summed E-state index contributed by atoms with van der Waals surface area (Å²) >= 11 is 0. The maximum absolute atomic E-state index is 10.6. The first-order valence-electron chi connectivity index (χ1n) is 10.9. The lowest BCUT2D eigenvalue weighted by Gasteiger charge is -2.27. The minimum absolute atomic E-state index is 0.0530. The van der Waals surface area contributed by atoms with E-state index in [9.17, 15) is 9.79 Å². The van der Waals surface area contributed by atoms with Crippen molar-refractivity contribution in [3.8, 4) is 0 Å². The number of methoxy groups -OCH3 is 1. The predicted octanol–water partition coefficient (Wildman–Crippen LogP) is 0.472. The van der Waals surface area contributed by atoms with E-state index in [1.54, 1.807) is 7.11 Å². The van der Waals surface area contributed by atoms with Gasteiger partial charge in [-0.1, -0.05) is 6.92 Å². The van der Waals surface area contributed by atoms with Crippen LogP contribution >= 0.6 is 16.2 Å². The van der Waals surface area contributed by atoms with Gasteiger partial charge in [-0.25, -0.2) is 0 Å². The zero-order valence-electron chi connectivity index (χ0n) is 18.9. The van der Waals surface area contributed by atoms with E-state index in [4.69, 9.17) is 60.6 Å². The summed E-state index contributed by atoms with van der Waals surface area (Å²) in [6.45, 7) is 1.89. The standard InChI is InChI=1S/C18H31B3O10P2/c1-4-10-13(7-18(21)27-10)31-33(3,23)26-9-15-12(6-17(20)29-15)30-32(22)25-8-14-11(24-2)5-16(19)28-14/h10-18,22-23H,3-9H2,1-2H3. The minimum atomic E-state index is -3.44. The fourth-order valence-corrected chi connectivity index (χ4v) is 5.96. The molecule has 15 heteroatoms. The topological polar surface area (TPSA) is 114 Å². The molecule has 6 radical (unpaired) electrons. The van der Waals surface area contributed by atoms with Gasteiger partial charge >= 0.3 is 8.60 Å². The molecule has 0 bridgehead atoms. The van der Waals surface area contributed by atoms with Crippen LogP contribution in [0.2, 0.25) is 0 Å². The van der Waals surface area contributed by atoms with E-state index in [1.165, 1.54) is 0 Å². The summed E-state index contributed by atoms with van der Waals surface area (Å²) in [4.78, 5) is 20.8. The van der Waals surface area contributed by atoms with Gasteiger partial charge in [0.1, 0.15) is 35.7 Å². The first kappa shape index (κ1) is 28.1. The fraction of sp³-hybridized carbons (Fsp3) is 0.944. The summed E-state index contributed by atoms with van der Waals surface area (Å²) in [6.07, 6.45) is 3.07. The molecule has 3 fully saturated rings. The monoisotopic (exact) mass is 502 g/mol. The molecule has 0 aliphatic carbocycles. The minimum Gasteiger partial charge on any atom is -0.382 e. The molecule has 0 aromatic carbocycles. The average Bonchev–Trinajstić information content (AvgIpc) is 3.40. The molecule has 0 saturated carbocycles. The number of ether oxygens (including phenoxy) is 4. The summed E-state index contributed by atoms with van der Waals surface area (Å²) in [7, 11) is 13.3. The Hall–Kier alpha value is 0.525. The Bertz CT molecular complexity index is 667. The maximum Gasteiger partial charge on any atom is 0.330 e. The summed E-state index contributed by atoms with van der Waals surface area (Å²) in [5.74, 6) is 0. The van der Waals surface area contributed by atoms with Crippen molar-refractivity contribution >= 4 is 46.0 Å². The second kappa shape index (κ2) is 12.7. The molecule has 182 valence electrons. The van der Waals surface area contributed by atoms with Crippen LogP contribution in [0, 0.1) is 0 Å². The van der Waals surface area contributed by atoms with Crippen LogP contribution in [0.1, 0.15) is 32.6 Å². The quantitative estimate of drug-likeness (QED) is 0.289. The molecule has 33 heavy (non-hydrogen) atoms. The third-order valence-corrected chi connectivity index (χ3v) is 7.68. The molecule has 11 unspecified atom stereocenters. The highest BCUT2D eigenvalue weighted by Gasteiger charge is 2.39. The molecule has 3 heterocycles. The van der Waals surface area contributed by atoms with Crippen molar-refractivity contribution in [2.75, 3.05) is 20.3 Å². The van der Waals surface area contributed by atoms with Gasteiger partial charge in [0.2, 0.25) is 7.57 Å². The summed E-state index contributed by atoms with van der Waals surface area (Å²) < 4.78 is 44.3. The van der Waals surface area contributed by atoms with E-state index >= 15 is 0 Å². The highest BCUT2D eigenvalue weighted by atomic mass is 31.2. The van der Waals surface area contributed by atoms with E-state index in [-0.39, 0.29) is 25.4 Å². The smallest absolute Gasteiger partial charge is 0.330 e. The molecule has 3 aliphatic rings. The Balaban J connectivity index is 1.45. The highest BCUT2D eigenvalue weighted by Crippen LogP contribution is 2.48. The maximum atomic E-state index is 10.6. The van der Waals surface area contributed by atoms with Gasteiger partial charge < -0.3 is 46.8 Å². The van der Waals surface area contributed by atoms with Crippen LogP contribution < -0.4 is 0 Å². The molecular formula is C18H31B3O10P2. The third kappa shape index (κ3) is 8.27. The van der Waals surface area contributed by atoms with Gasteiger partial charge in [-0.2, -0.15) is 0 Å². The molecule has 11 atom stereocenters. The average molecular weight is 502 g/mol. The zero-order valence-corrected chi connectivity index (χ0v) is 20.7. The van der Waals surface area contributed by atoms with Crippen LogP contribution in [0.5, 0.6) is 0 Å². The van der Waals surface area contributed by atoms with Crippen molar-refractivity contribution in [3.05, 3.63) is 0 Å². The van der Waals surface area contributed by atoms with Crippen molar-refractivity contribution in [3.63, 3.8) is 0 Å². The molecule has 3 rings (SSSR count). The normalized spacial score (nSPS) is 41.9. The SMILES string of the molecule is [B]C1CC(OC)C(COP(O)OC2CC([B])OC2COP(=C)(O)OC2CC([B])OC2CC)O1. The van der Waals surface area contributed by atoms with Gasteiger partial charge in [-0.15, -0.1) is 0 Å². The molecule has 10 nitrogen and oxygen atoms in total. The molecule has 3 saturated heterocycles. The largest absolute Gasteiger partial charge is 0.382 e. The Kier molecular flexibility index (Phi) is 10.8. The Labute approximate surface area is 200 Å². The number of rotatable bonds is 12. The molecular weight excluding hydrogens is 471 g/mol. The molecule has 3 aliphatic heterocycles. The van der Waals surface area contributed by atoms with Crippen molar-refractivity contribution in [2.45, 2.75) is 87.2 Å². The first-order valence-corrected chi connectivity index (χ1v) is 13.8. The van der Waals surface area contributed by atoms with E-state index in [0.29, 0.717) is 25.7 Å². The molecule has 0 aromatic rings. The Morgan fingerprint density at radius 2 is 1.48 bits per heavy atom. The Morgan fingerprint density at radius 1 is 0.939 bits per heavy atom. The molecule has 2 N–H and O–H groups in total. The van der Waals surface area contributed by atoms with Crippen LogP contribution in [0.15, 0.2) is 0 Å². The number of hydrogen-bond donors (Lipinski definition) is 2. The number of hydrogen-bond acceptors (Lipinski definition) is 10. The van der Waals surface area contributed by atoms with Crippen molar-refractivity contribution < 1.29 is 46.8 Å². The van der Waals surface area contributed by atoms with Gasteiger partial charge in [0.25, 0.3) is 0 Å². The van der Waals surface area contributed by atoms with E-state index < -0.39 is 58.6 Å². The second-order valence-corrected chi connectivity index (χ2v) is 11.0. The summed E-state index contributed by atoms with van der Waals surface area (Å²) in [5, 5.41) is 0. The van der Waals surface area contributed by atoms with E-state index in [0.717, 1.165) is 0 Å². The van der Waals surface area contributed by atoms with Crippen LogP contribution in [-0.2, 0) is 37.0 Å².